The third kappa shape index (κ3) is 3.38. The van der Waals surface area contributed by atoms with Crippen LogP contribution in [-0.2, 0) is 11.3 Å². The molecule has 0 aromatic heterocycles. The van der Waals surface area contributed by atoms with E-state index in [1.165, 1.54) is 0 Å². The van der Waals surface area contributed by atoms with Crippen molar-refractivity contribution in [3.63, 3.8) is 0 Å². The molecule has 0 spiro atoms. The molecule has 0 radical (unpaired) electrons. The number of nitrogens with zero attached hydrogens (tertiary/aromatic N) is 1. The van der Waals surface area contributed by atoms with Crippen molar-refractivity contribution in [3.05, 3.63) is 29.8 Å². The van der Waals surface area contributed by atoms with Gasteiger partial charge < -0.3 is 15.4 Å². The van der Waals surface area contributed by atoms with E-state index in [1.807, 2.05) is 38.2 Å². The second-order valence-corrected chi connectivity index (χ2v) is 5.89. The molecule has 0 aliphatic heterocycles. The highest BCUT2D eigenvalue weighted by molar-refractivity contribution is 5.83. The lowest BCUT2D eigenvalue weighted by molar-refractivity contribution is -0.140. The van der Waals surface area contributed by atoms with Gasteiger partial charge in [0.25, 0.3) is 0 Å². The number of hydrogen-bond donors (Lipinski definition) is 1. The first-order valence-corrected chi connectivity index (χ1v) is 7.79. The predicted molar refractivity (Wildman–Crippen MR) is 84.0 cm³/mol. The molecule has 0 atom stereocenters. The van der Waals surface area contributed by atoms with Crippen molar-refractivity contribution < 1.29 is 9.53 Å². The van der Waals surface area contributed by atoms with E-state index in [4.69, 9.17) is 10.5 Å². The van der Waals surface area contributed by atoms with Gasteiger partial charge in [0.05, 0.1) is 12.0 Å². The highest BCUT2D eigenvalue weighted by Gasteiger charge is 2.41. The predicted octanol–water partition coefficient (Wildman–Crippen LogP) is 2.56. The zero-order chi connectivity index (χ0) is 15.3. The molecule has 1 aliphatic carbocycles. The standard InChI is InChI=1S/C17H26N2O2/c1-3-21-15-9-5-4-8-14(15)12-19(2)16(20)17(13-18)10-6-7-11-17/h4-5,8-9H,3,6-7,10-13,18H2,1-2H3. The van der Waals surface area contributed by atoms with Crippen LogP contribution < -0.4 is 10.5 Å². The van der Waals surface area contributed by atoms with E-state index in [0.29, 0.717) is 19.7 Å². The molecule has 0 heterocycles. The van der Waals surface area contributed by atoms with Crippen LogP contribution in [0.2, 0.25) is 0 Å². The van der Waals surface area contributed by atoms with Crippen LogP contribution in [0, 0.1) is 5.41 Å². The van der Waals surface area contributed by atoms with E-state index in [1.54, 1.807) is 4.90 Å². The van der Waals surface area contributed by atoms with E-state index < -0.39 is 0 Å². The number of carbonyl (C=O) groups is 1. The monoisotopic (exact) mass is 290 g/mol. The summed E-state index contributed by atoms with van der Waals surface area (Å²) in [7, 11) is 1.86. The maximum Gasteiger partial charge on any atom is 0.230 e. The first-order chi connectivity index (χ1) is 10.1. The summed E-state index contributed by atoms with van der Waals surface area (Å²) < 4.78 is 5.63. The minimum absolute atomic E-state index is 0.175. The summed E-state index contributed by atoms with van der Waals surface area (Å²) in [6.45, 7) is 3.61. The van der Waals surface area contributed by atoms with Crippen molar-refractivity contribution in [2.45, 2.75) is 39.2 Å². The lowest BCUT2D eigenvalue weighted by Gasteiger charge is -2.31. The molecular weight excluding hydrogens is 264 g/mol. The van der Waals surface area contributed by atoms with Gasteiger partial charge in [-0.25, -0.2) is 0 Å². The van der Waals surface area contributed by atoms with Crippen molar-refractivity contribution in [1.29, 1.82) is 0 Å². The third-order valence-electron chi connectivity index (χ3n) is 4.43. The molecule has 2 N–H and O–H groups in total. The highest BCUT2D eigenvalue weighted by Crippen LogP contribution is 2.39. The summed E-state index contributed by atoms with van der Waals surface area (Å²) in [4.78, 5) is 14.6. The highest BCUT2D eigenvalue weighted by atomic mass is 16.5. The Kier molecular flexibility index (Phi) is 5.23. The number of ether oxygens (including phenoxy) is 1. The molecule has 0 unspecified atom stereocenters. The fourth-order valence-corrected chi connectivity index (χ4v) is 3.22. The van der Waals surface area contributed by atoms with Crippen LogP contribution in [0.1, 0.15) is 38.2 Å². The van der Waals surface area contributed by atoms with E-state index in [2.05, 4.69) is 0 Å². The normalized spacial score (nSPS) is 16.7. The Hall–Kier alpha value is -1.55. The summed E-state index contributed by atoms with van der Waals surface area (Å²) in [6, 6.07) is 7.89. The number of para-hydroxylation sites is 1. The molecule has 116 valence electrons. The molecule has 1 aliphatic rings. The van der Waals surface area contributed by atoms with Gasteiger partial charge in [0, 0.05) is 25.7 Å². The van der Waals surface area contributed by atoms with Crippen LogP contribution in [0.15, 0.2) is 24.3 Å². The molecule has 0 saturated heterocycles. The van der Waals surface area contributed by atoms with Crippen LogP contribution >= 0.6 is 0 Å². The Morgan fingerprint density at radius 2 is 2.00 bits per heavy atom. The Balaban J connectivity index is 2.10. The maximum atomic E-state index is 12.8. The van der Waals surface area contributed by atoms with Crippen molar-refractivity contribution in [2.24, 2.45) is 11.1 Å². The Labute approximate surface area is 127 Å². The van der Waals surface area contributed by atoms with Gasteiger partial charge in [0.15, 0.2) is 0 Å². The lowest BCUT2D eigenvalue weighted by atomic mass is 9.84. The zero-order valence-electron chi connectivity index (χ0n) is 13.1. The molecule has 1 aromatic carbocycles. The number of amides is 1. The minimum Gasteiger partial charge on any atom is -0.494 e. The minimum atomic E-state index is -0.338. The Morgan fingerprint density at radius 1 is 1.33 bits per heavy atom. The molecule has 2 rings (SSSR count). The topological polar surface area (TPSA) is 55.6 Å². The third-order valence-corrected chi connectivity index (χ3v) is 4.43. The molecule has 1 saturated carbocycles. The first-order valence-electron chi connectivity index (χ1n) is 7.79. The van der Waals surface area contributed by atoms with Gasteiger partial charge in [-0.15, -0.1) is 0 Å². The first kappa shape index (κ1) is 15.8. The average Bonchev–Trinajstić information content (AvgIpc) is 2.99. The van der Waals surface area contributed by atoms with Crippen molar-refractivity contribution in [2.75, 3.05) is 20.2 Å². The number of rotatable bonds is 6. The Bertz CT molecular complexity index is 481. The molecule has 4 heteroatoms. The number of nitrogens with two attached hydrogens (primary N) is 1. The summed E-state index contributed by atoms with van der Waals surface area (Å²) in [5.74, 6) is 1.03. The van der Waals surface area contributed by atoms with Crippen LogP contribution in [0.4, 0.5) is 0 Å². The molecule has 21 heavy (non-hydrogen) atoms. The fourth-order valence-electron chi connectivity index (χ4n) is 3.22. The van der Waals surface area contributed by atoms with E-state index in [-0.39, 0.29) is 11.3 Å². The number of benzene rings is 1. The van der Waals surface area contributed by atoms with Crippen molar-refractivity contribution in [3.8, 4) is 5.75 Å². The molecule has 1 aromatic rings. The van der Waals surface area contributed by atoms with Crippen LogP contribution in [0.25, 0.3) is 0 Å². The fraction of sp³-hybridized carbons (Fsp3) is 0.588. The second kappa shape index (κ2) is 6.94. The van der Waals surface area contributed by atoms with Gasteiger partial charge in [-0.2, -0.15) is 0 Å². The van der Waals surface area contributed by atoms with E-state index in [0.717, 1.165) is 37.0 Å². The van der Waals surface area contributed by atoms with Gasteiger partial charge in [-0.1, -0.05) is 31.0 Å². The molecule has 4 nitrogen and oxygen atoms in total. The molecule has 0 bridgehead atoms. The zero-order valence-corrected chi connectivity index (χ0v) is 13.1. The van der Waals surface area contributed by atoms with Crippen LogP contribution in [0.3, 0.4) is 0 Å². The van der Waals surface area contributed by atoms with Gasteiger partial charge >= 0.3 is 0 Å². The SMILES string of the molecule is CCOc1ccccc1CN(C)C(=O)C1(CN)CCCC1. The van der Waals surface area contributed by atoms with Crippen LogP contribution in [-0.4, -0.2) is 31.0 Å². The number of hydrogen-bond acceptors (Lipinski definition) is 3. The molecular formula is C17H26N2O2. The van der Waals surface area contributed by atoms with E-state index in [9.17, 15) is 4.79 Å². The Morgan fingerprint density at radius 3 is 2.62 bits per heavy atom. The summed E-state index contributed by atoms with van der Waals surface area (Å²) >= 11 is 0. The second-order valence-electron chi connectivity index (χ2n) is 5.89. The largest absolute Gasteiger partial charge is 0.494 e. The summed E-state index contributed by atoms with van der Waals surface area (Å²) in [5, 5.41) is 0. The quantitative estimate of drug-likeness (QED) is 0.876. The molecule has 1 fully saturated rings. The van der Waals surface area contributed by atoms with Gasteiger partial charge in [-0.3, -0.25) is 4.79 Å². The smallest absolute Gasteiger partial charge is 0.230 e. The average molecular weight is 290 g/mol. The van der Waals surface area contributed by atoms with Crippen molar-refractivity contribution in [1.82, 2.24) is 4.90 Å². The summed E-state index contributed by atoms with van der Waals surface area (Å²) in [5.41, 5.74) is 6.61. The maximum absolute atomic E-state index is 12.8. The van der Waals surface area contributed by atoms with E-state index >= 15 is 0 Å². The van der Waals surface area contributed by atoms with Gasteiger partial charge in [-0.05, 0) is 25.8 Å². The van der Waals surface area contributed by atoms with Gasteiger partial charge in [0.1, 0.15) is 5.75 Å². The van der Waals surface area contributed by atoms with Crippen LogP contribution in [0.5, 0.6) is 5.75 Å². The summed E-state index contributed by atoms with van der Waals surface area (Å²) in [6.07, 6.45) is 4.04. The van der Waals surface area contributed by atoms with Crippen molar-refractivity contribution >= 4 is 5.91 Å². The number of carbonyl (C=O) groups excluding carboxylic acids is 1. The lowest BCUT2D eigenvalue weighted by Crippen LogP contribution is -2.44. The van der Waals surface area contributed by atoms with Gasteiger partial charge in [0.2, 0.25) is 5.91 Å². The molecule has 1 amide bonds.